The van der Waals surface area contributed by atoms with Crippen LogP contribution in [-0.2, 0) is 21.0 Å². The molecular weight excluding hydrogens is 429 g/mol. The lowest BCUT2D eigenvalue weighted by Crippen LogP contribution is -2.45. The summed E-state index contributed by atoms with van der Waals surface area (Å²) in [4.78, 5) is 12.7. The van der Waals surface area contributed by atoms with E-state index >= 15 is 0 Å². The summed E-state index contributed by atoms with van der Waals surface area (Å²) >= 11 is 5.61. The Morgan fingerprint density at radius 2 is 1.76 bits per heavy atom. The minimum Gasteiger partial charge on any atom is -0.324 e. The molecule has 0 aromatic heterocycles. The molecule has 0 bridgehead atoms. The van der Waals surface area contributed by atoms with Crippen LogP contribution >= 0.6 is 11.6 Å². The molecule has 2 aromatic carbocycles. The van der Waals surface area contributed by atoms with Crippen LogP contribution in [0.25, 0.3) is 0 Å². The minimum absolute atomic E-state index is 0.312. The summed E-state index contributed by atoms with van der Waals surface area (Å²) in [5, 5.41) is 2.07. The number of halogens is 4. The van der Waals surface area contributed by atoms with Gasteiger partial charge in [0, 0.05) is 5.69 Å². The largest absolute Gasteiger partial charge is 0.417 e. The maximum atomic E-state index is 13.2. The van der Waals surface area contributed by atoms with Gasteiger partial charge in [0.1, 0.15) is 6.04 Å². The number of aryl methyl sites for hydroxylation is 2. The van der Waals surface area contributed by atoms with Gasteiger partial charge in [-0.25, -0.2) is 8.42 Å². The number of carbonyl (C=O) groups is 1. The lowest BCUT2D eigenvalue weighted by atomic mass is 10.1. The van der Waals surface area contributed by atoms with Crippen molar-refractivity contribution in [1.29, 1.82) is 0 Å². The molecule has 1 atom stereocenters. The van der Waals surface area contributed by atoms with Gasteiger partial charge in [0.05, 0.1) is 22.5 Å². The molecule has 0 aliphatic rings. The first-order chi connectivity index (χ1) is 13.2. The topological polar surface area (TPSA) is 66.5 Å². The van der Waals surface area contributed by atoms with E-state index in [4.69, 9.17) is 11.6 Å². The van der Waals surface area contributed by atoms with E-state index in [2.05, 4.69) is 5.32 Å². The highest BCUT2D eigenvalue weighted by atomic mass is 35.5. The Bertz CT molecular complexity index is 1040. The van der Waals surface area contributed by atoms with Gasteiger partial charge >= 0.3 is 6.18 Å². The molecule has 0 radical (unpaired) electrons. The second kappa shape index (κ2) is 8.23. The van der Waals surface area contributed by atoms with Gasteiger partial charge in [-0.2, -0.15) is 13.2 Å². The smallest absolute Gasteiger partial charge is 0.324 e. The summed E-state index contributed by atoms with van der Waals surface area (Å²) in [5.74, 6) is -0.687. The molecule has 1 unspecified atom stereocenters. The fourth-order valence-corrected chi connectivity index (χ4v) is 4.18. The zero-order chi connectivity index (χ0) is 22.1. The number of alkyl halides is 3. The monoisotopic (exact) mass is 448 g/mol. The van der Waals surface area contributed by atoms with Gasteiger partial charge in [-0.3, -0.25) is 9.10 Å². The van der Waals surface area contributed by atoms with Gasteiger partial charge in [0.25, 0.3) is 0 Å². The molecule has 0 aliphatic carbocycles. The number of amides is 1. The van der Waals surface area contributed by atoms with Crippen LogP contribution in [-0.4, -0.2) is 26.6 Å². The molecule has 1 amide bonds. The van der Waals surface area contributed by atoms with Crippen LogP contribution in [0, 0.1) is 13.8 Å². The van der Waals surface area contributed by atoms with E-state index in [9.17, 15) is 26.4 Å². The third-order valence-electron chi connectivity index (χ3n) is 4.25. The molecule has 1 N–H and O–H groups in total. The predicted molar refractivity (Wildman–Crippen MR) is 108 cm³/mol. The van der Waals surface area contributed by atoms with Crippen molar-refractivity contribution in [2.45, 2.75) is 33.0 Å². The molecule has 5 nitrogen and oxygen atoms in total. The van der Waals surface area contributed by atoms with Crippen molar-refractivity contribution in [3.05, 3.63) is 58.1 Å². The van der Waals surface area contributed by atoms with Gasteiger partial charge in [-0.1, -0.05) is 23.7 Å². The lowest BCUT2D eigenvalue weighted by Gasteiger charge is -2.29. The standard InChI is InChI=1S/C19H20ClF3N2O3S/c1-11-5-6-12(2)17(9-11)24-18(26)13(3)25(29(4,27)28)14-7-8-16(20)15(10-14)19(21,22)23/h5-10,13H,1-4H3,(H,24,26). The van der Waals surface area contributed by atoms with Gasteiger partial charge in [-0.05, 0) is 56.2 Å². The second-order valence-corrected chi connectivity index (χ2v) is 8.97. The third kappa shape index (κ3) is 5.42. The molecule has 0 saturated heterocycles. The Morgan fingerprint density at radius 1 is 1.14 bits per heavy atom. The molecule has 2 rings (SSSR count). The molecule has 0 fully saturated rings. The summed E-state index contributed by atoms with van der Waals surface area (Å²) in [5.41, 5.74) is 0.627. The highest BCUT2D eigenvalue weighted by Crippen LogP contribution is 2.37. The molecule has 0 saturated carbocycles. The quantitative estimate of drug-likeness (QED) is 0.716. The maximum absolute atomic E-state index is 13.2. The van der Waals surface area contributed by atoms with Crippen LogP contribution in [0.4, 0.5) is 24.5 Å². The van der Waals surface area contributed by atoms with Gasteiger partial charge in [0.2, 0.25) is 15.9 Å². The zero-order valence-corrected chi connectivity index (χ0v) is 17.7. The number of sulfonamides is 1. The number of nitrogens with one attached hydrogen (secondary N) is 1. The van der Waals surface area contributed by atoms with Crippen molar-refractivity contribution < 1.29 is 26.4 Å². The van der Waals surface area contributed by atoms with Crippen LogP contribution in [0.15, 0.2) is 36.4 Å². The summed E-state index contributed by atoms with van der Waals surface area (Å²) in [6.07, 6.45) is -3.96. The second-order valence-electron chi connectivity index (χ2n) is 6.70. The maximum Gasteiger partial charge on any atom is 0.417 e. The average molecular weight is 449 g/mol. The molecule has 0 aliphatic heterocycles. The number of anilines is 2. The Hall–Kier alpha value is -2.26. The molecule has 10 heteroatoms. The fourth-order valence-electron chi connectivity index (χ4n) is 2.78. The van der Waals surface area contributed by atoms with Crippen molar-refractivity contribution in [3.8, 4) is 0 Å². The SMILES string of the molecule is Cc1ccc(C)c(NC(=O)C(C)N(c2ccc(Cl)c(C(F)(F)F)c2)S(C)(=O)=O)c1. The van der Waals surface area contributed by atoms with Gasteiger partial charge in [-0.15, -0.1) is 0 Å². The third-order valence-corrected chi connectivity index (χ3v) is 5.82. The first-order valence-corrected chi connectivity index (χ1v) is 10.7. The van der Waals surface area contributed by atoms with Crippen LogP contribution in [0.2, 0.25) is 5.02 Å². The van der Waals surface area contributed by atoms with Gasteiger partial charge in [0.15, 0.2) is 0 Å². The van der Waals surface area contributed by atoms with E-state index in [-0.39, 0.29) is 5.69 Å². The molecule has 29 heavy (non-hydrogen) atoms. The molecule has 2 aromatic rings. The zero-order valence-electron chi connectivity index (χ0n) is 16.1. The van der Waals surface area contributed by atoms with Crippen molar-refractivity contribution in [2.24, 2.45) is 0 Å². The minimum atomic E-state index is -4.78. The average Bonchev–Trinajstić information content (AvgIpc) is 2.57. The number of hydrogen-bond acceptors (Lipinski definition) is 3. The van der Waals surface area contributed by atoms with Crippen LogP contribution in [0.5, 0.6) is 0 Å². The van der Waals surface area contributed by atoms with Crippen molar-refractivity contribution in [1.82, 2.24) is 0 Å². The number of benzene rings is 2. The van der Waals surface area contributed by atoms with Crippen LogP contribution < -0.4 is 9.62 Å². The normalized spacial score (nSPS) is 13.1. The number of carbonyl (C=O) groups excluding carboxylic acids is 1. The summed E-state index contributed by atoms with van der Waals surface area (Å²) in [6, 6.07) is 6.74. The van der Waals surface area contributed by atoms with E-state index in [0.717, 1.165) is 29.5 Å². The number of rotatable bonds is 5. The highest BCUT2D eigenvalue weighted by Gasteiger charge is 2.36. The lowest BCUT2D eigenvalue weighted by molar-refractivity contribution is -0.137. The molecule has 0 spiro atoms. The summed E-state index contributed by atoms with van der Waals surface area (Å²) in [7, 11) is -4.09. The Labute approximate surface area is 172 Å². The summed E-state index contributed by atoms with van der Waals surface area (Å²) in [6.45, 7) is 4.89. The van der Waals surface area contributed by atoms with E-state index in [1.165, 1.54) is 6.92 Å². The Morgan fingerprint density at radius 3 is 2.31 bits per heavy atom. The van der Waals surface area contributed by atoms with E-state index in [0.29, 0.717) is 16.1 Å². The first-order valence-electron chi connectivity index (χ1n) is 8.46. The van der Waals surface area contributed by atoms with Crippen molar-refractivity contribution in [2.75, 3.05) is 15.9 Å². The number of hydrogen-bond donors (Lipinski definition) is 1. The van der Waals surface area contributed by atoms with Crippen LogP contribution in [0.3, 0.4) is 0 Å². The first kappa shape index (κ1) is 23.0. The molecule has 158 valence electrons. The molecule has 0 heterocycles. The number of nitrogens with zero attached hydrogens (tertiary/aromatic N) is 1. The molecular formula is C19H20ClF3N2O3S. The highest BCUT2D eigenvalue weighted by molar-refractivity contribution is 7.92. The Kier molecular flexibility index (Phi) is 6.54. The fraction of sp³-hybridized carbons (Fsp3) is 0.316. The van der Waals surface area contributed by atoms with E-state index < -0.39 is 38.7 Å². The van der Waals surface area contributed by atoms with Crippen molar-refractivity contribution >= 4 is 38.9 Å². The van der Waals surface area contributed by atoms with E-state index in [1.54, 1.807) is 19.1 Å². The predicted octanol–water partition coefficient (Wildman–Crippen LogP) is 4.77. The van der Waals surface area contributed by atoms with E-state index in [1.807, 2.05) is 13.0 Å². The van der Waals surface area contributed by atoms with Crippen molar-refractivity contribution in [3.63, 3.8) is 0 Å². The summed E-state index contributed by atoms with van der Waals surface area (Å²) < 4.78 is 64.9. The van der Waals surface area contributed by atoms with Gasteiger partial charge < -0.3 is 5.32 Å². The Balaban J connectivity index is 2.46. The van der Waals surface area contributed by atoms with Crippen LogP contribution in [0.1, 0.15) is 23.6 Å².